The van der Waals surface area contributed by atoms with Gasteiger partial charge in [0.15, 0.2) is 5.17 Å². The highest BCUT2D eigenvalue weighted by atomic mass is 35.5. The van der Waals surface area contributed by atoms with Gasteiger partial charge in [-0.15, -0.1) is 0 Å². The first-order chi connectivity index (χ1) is 12.1. The van der Waals surface area contributed by atoms with Crippen LogP contribution in [0.2, 0.25) is 5.02 Å². The molecule has 1 saturated heterocycles. The monoisotopic (exact) mass is 379 g/mol. The number of nitrogens with zero attached hydrogens (tertiary/aromatic N) is 2. The van der Waals surface area contributed by atoms with Crippen molar-refractivity contribution in [3.63, 3.8) is 0 Å². The fourth-order valence-electron chi connectivity index (χ4n) is 3.37. The van der Waals surface area contributed by atoms with E-state index in [9.17, 15) is 4.79 Å². The summed E-state index contributed by atoms with van der Waals surface area (Å²) in [7, 11) is 2.07. The Kier molecular flexibility index (Phi) is 6.65. The number of amidine groups is 1. The van der Waals surface area contributed by atoms with Crippen LogP contribution in [0.5, 0.6) is 0 Å². The van der Waals surface area contributed by atoms with Crippen LogP contribution in [-0.4, -0.2) is 40.9 Å². The fourth-order valence-corrected chi connectivity index (χ4v) is 4.75. The van der Waals surface area contributed by atoms with Crippen LogP contribution in [-0.2, 0) is 4.79 Å². The second-order valence-corrected chi connectivity index (χ2v) is 8.32. The first-order valence-corrected chi connectivity index (χ1v) is 10.5. The lowest BCUT2D eigenvalue weighted by molar-refractivity contribution is -0.116. The van der Waals surface area contributed by atoms with E-state index in [4.69, 9.17) is 16.6 Å². The van der Waals surface area contributed by atoms with Crippen molar-refractivity contribution in [1.29, 1.82) is 0 Å². The second kappa shape index (κ2) is 8.95. The van der Waals surface area contributed by atoms with E-state index in [1.54, 1.807) is 23.9 Å². The molecule has 0 radical (unpaired) electrons. The molecule has 2 aliphatic rings. The van der Waals surface area contributed by atoms with Gasteiger partial charge in [0, 0.05) is 36.0 Å². The molecule has 1 atom stereocenters. The van der Waals surface area contributed by atoms with E-state index < -0.39 is 0 Å². The van der Waals surface area contributed by atoms with Gasteiger partial charge in [-0.25, -0.2) is 0 Å². The topological polar surface area (TPSA) is 44.7 Å². The molecule has 25 heavy (non-hydrogen) atoms. The van der Waals surface area contributed by atoms with Gasteiger partial charge in [0.1, 0.15) is 0 Å². The van der Waals surface area contributed by atoms with Crippen LogP contribution in [0.1, 0.15) is 44.9 Å². The minimum absolute atomic E-state index is 0.0375. The van der Waals surface area contributed by atoms with Crippen molar-refractivity contribution in [2.45, 2.75) is 57.0 Å². The quantitative estimate of drug-likeness (QED) is 0.764. The van der Waals surface area contributed by atoms with Crippen molar-refractivity contribution in [3.05, 3.63) is 29.3 Å². The number of hydrogen-bond acceptors (Lipinski definition) is 3. The standard InChI is InChI=1S/C19H26ClN3OS/c1-23-17(12-18(24)21-16-10-8-14(20)9-11-16)13-25-19(23)22-15-6-4-2-3-5-7-15/h8-11,15,17H,2-7,12-13H2,1H3,(H,21,24). The number of amides is 1. The molecule has 0 aromatic heterocycles. The number of carbonyl (C=O) groups excluding carboxylic acids is 1. The van der Waals surface area contributed by atoms with Crippen LogP contribution >= 0.6 is 23.4 Å². The zero-order valence-corrected chi connectivity index (χ0v) is 16.3. The number of anilines is 1. The van der Waals surface area contributed by atoms with Crippen LogP contribution in [0.3, 0.4) is 0 Å². The zero-order chi connectivity index (χ0) is 17.6. The average Bonchev–Trinajstić information content (AvgIpc) is 2.79. The average molecular weight is 380 g/mol. The minimum atomic E-state index is 0.0375. The summed E-state index contributed by atoms with van der Waals surface area (Å²) in [6.07, 6.45) is 8.18. The molecule has 4 nitrogen and oxygen atoms in total. The first-order valence-electron chi connectivity index (χ1n) is 9.10. The summed E-state index contributed by atoms with van der Waals surface area (Å²) >= 11 is 7.66. The van der Waals surface area contributed by atoms with Crippen molar-refractivity contribution >= 4 is 40.1 Å². The van der Waals surface area contributed by atoms with Crippen LogP contribution in [0.4, 0.5) is 5.69 Å². The largest absolute Gasteiger partial charge is 0.350 e. The molecule has 1 aromatic carbocycles. The Morgan fingerprint density at radius 3 is 2.60 bits per heavy atom. The first kappa shape index (κ1) is 18.6. The van der Waals surface area contributed by atoms with Gasteiger partial charge in [0.05, 0.1) is 6.04 Å². The highest BCUT2D eigenvalue weighted by molar-refractivity contribution is 8.14. The van der Waals surface area contributed by atoms with E-state index in [2.05, 4.69) is 17.3 Å². The molecule has 1 saturated carbocycles. The smallest absolute Gasteiger partial charge is 0.226 e. The van der Waals surface area contributed by atoms with Gasteiger partial charge < -0.3 is 10.2 Å². The highest BCUT2D eigenvalue weighted by Crippen LogP contribution is 2.28. The Morgan fingerprint density at radius 2 is 1.92 bits per heavy atom. The molecule has 1 unspecified atom stereocenters. The van der Waals surface area contributed by atoms with E-state index in [-0.39, 0.29) is 11.9 Å². The summed E-state index contributed by atoms with van der Waals surface area (Å²) in [5.41, 5.74) is 0.787. The second-order valence-electron chi connectivity index (χ2n) is 6.89. The number of thioether (sulfide) groups is 1. The van der Waals surface area contributed by atoms with Crippen molar-refractivity contribution in [3.8, 4) is 0 Å². The maximum atomic E-state index is 12.3. The van der Waals surface area contributed by atoms with Gasteiger partial charge >= 0.3 is 0 Å². The molecule has 1 aromatic rings. The SMILES string of the molecule is CN1C(=NC2CCCCCC2)SCC1CC(=O)Nc1ccc(Cl)cc1. The molecular weight excluding hydrogens is 354 g/mol. The van der Waals surface area contributed by atoms with E-state index in [1.807, 2.05) is 12.1 Å². The zero-order valence-electron chi connectivity index (χ0n) is 14.7. The molecular formula is C19H26ClN3OS. The number of nitrogens with one attached hydrogen (secondary N) is 1. The maximum absolute atomic E-state index is 12.3. The Labute approximate surface area is 159 Å². The van der Waals surface area contributed by atoms with Gasteiger partial charge in [-0.1, -0.05) is 49.0 Å². The number of hydrogen-bond donors (Lipinski definition) is 1. The lowest BCUT2D eigenvalue weighted by atomic mass is 10.1. The van der Waals surface area contributed by atoms with Crippen molar-refractivity contribution in [2.24, 2.45) is 4.99 Å². The van der Waals surface area contributed by atoms with Gasteiger partial charge in [-0.3, -0.25) is 9.79 Å². The molecule has 1 heterocycles. The molecule has 1 aliphatic carbocycles. The summed E-state index contributed by atoms with van der Waals surface area (Å²) in [5, 5.41) is 4.73. The molecule has 0 bridgehead atoms. The fraction of sp³-hybridized carbons (Fsp3) is 0.579. The summed E-state index contributed by atoms with van der Waals surface area (Å²) in [6, 6.07) is 7.90. The molecule has 1 amide bonds. The third-order valence-electron chi connectivity index (χ3n) is 4.92. The maximum Gasteiger partial charge on any atom is 0.226 e. The lowest BCUT2D eigenvalue weighted by Crippen LogP contribution is -2.34. The molecule has 6 heteroatoms. The van der Waals surface area contributed by atoms with E-state index in [0.29, 0.717) is 17.5 Å². The molecule has 0 spiro atoms. The normalized spacial score (nSPS) is 23.7. The Bertz CT molecular complexity index is 612. The number of halogens is 1. The number of carbonyl (C=O) groups is 1. The number of aliphatic imine (C=N–C) groups is 1. The van der Waals surface area contributed by atoms with Gasteiger partial charge in [-0.2, -0.15) is 0 Å². The van der Waals surface area contributed by atoms with Gasteiger partial charge in [-0.05, 0) is 37.1 Å². The van der Waals surface area contributed by atoms with Gasteiger partial charge in [0.25, 0.3) is 0 Å². The Morgan fingerprint density at radius 1 is 1.24 bits per heavy atom. The van der Waals surface area contributed by atoms with Gasteiger partial charge in [0.2, 0.25) is 5.91 Å². The summed E-state index contributed by atoms with van der Waals surface area (Å²) in [4.78, 5) is 19.5. The summed E-state index contributed by atoms with van der Waals surface area (Å²) in [6.45, 7) is 0. The number of rotatable bonds is 4. The van der Waals surface area contributed by atoms with Crippen LogP contribution in [0.15, 0.2) is 29.3 Å². The molecule has 2 fully saturated rings. The minimum Gasteiger partial charge on any atom is -0.350 e. The Hall–Kier alpha value is -1.20. The van der Waals surface area contributed by atoms with E-state index >= 15 is 0 Å². The molecule has 1 aliphatic heterocycles. The molecule has 136 valence electrons. The van der Waals surface area contributed by atoms with Crippen molar-refractivity contribution < 1.29 is 4.79 Å². The number of benzene rings is 1. The van der Waals surface area contributed by atoms with E-state index in [0.717, 1.165) is 16.6 Å². The van der Waals surface area contributed by atoms with Crippen LogP contribution in [0, 0.1) is 0 Å². The lowest BCUT2D eigenvalue weighted by Gasteiger charge is -2.21. The predicted octanol–water partition coefficient (Wildman–Crippen LogP) is 4.79. The molecule has 1 N–H and O–H groups in total. The van der Waals surface area contributed by atoms with Crippen molar-refractivity contribution in [1.82, 2.24) is 4.90 Å². The third kappa shape index (κ3) is 5.38. The van der Waals surface area contributed by atoms with Crippen molar-refractivity contribution in [2.75, 3.05) is 18.1 Å². The molecule has 3 rings (SSSR count). The Balaban J connectivity index is 1.53. The third-order valence-corrected chi connectivity index (χ3v) is 6.38. The summed E-state index contributed by atoms with van der Waals surface area (Å²) < 4.78 is 0. The highest BCUT2D eigenvalue weighted by Gasteiger charge is 2.29. The van der Waals surface area contributed by atoms with Crippen LogP contribution < -0.4 is 5.32 Å². The van der Waals surface area contributed by atoms with Crippen LogP contribution in [0.25, 0.3) is 0 Å². The van der Waals surface area contributed by atoms with E-state index in [1.165, 1.54) is 38.5 Å². The summed E-state index contributed by atoms with van der Waals surface area (Å²) in [5.74, 6) is 0.964. The predicted molar refractivity (Wildman–Crippen MR) is 108 cm³/mol.